The molecule has 2 aliphatic rings. The van der Waals surface area contributed by atoms with Gasteiger partial charge in [-0.25, -0.2) is 0 Å². The summed E-state index contributed by atoms with van der Waals surface area (Å²) in [6.07, 6.45) is 6.87. The summed E-state index contributed by atoms with van der Waals surface area (Å²) in [5.41, 5.74) is 1.92. The second kappa shape index (κ2) is 9.19. The first-order chi connectivity index (χ1) is 12.9. The summed E-state index contributed by atoms with van der Waals surface area (Å²) in [5.74, 6) is 7.62. The first-order valence-corrected chi connectivity index (χ1v) is 14.7. The van der Waals surface area contributed by atoms with E-state index in [9.17, 15) is 4.79 Å². The van der Waals surface area contributed by atoms with E-state index in [0.29, 0.717) is 36.2 Å². The number of fused-ring (bicyclic) bond motifs is 1. The number of halogens is 1. The minimum absolute atomic E-state index is 0.0745. The molecule has 2 saturated carbocycles. The number of Topliss-reactive ketones (excluding diaryl/α,β-unsaturated/α-hetero) is 1. The standard InChI is InChI=1S/C24H39BrO2Si/c1-18(16-20(26)11-9-15-27-28(6,7)23(2,3)4)21-12-13-22-19(17-25)10-8-14-24(21,22)5/h17-18,21-22H,8,10,12-16H2,1-7H3/b19-17+/t18-,21-,22+,24-/m1/s1. The van der Waals surface area contributed by atoms with Crippen LogP contribution in [0.1, 0.15) is 73.1 Å². The van der Waals surface area contributed by atoms with E-state index in [2.05, 4.69) is 80.5 Å². The maximum atomic E-state index is 12.5. The van der Waals surface area contributed by atoms with Crippen molar-refractivity contribution in [3.63, 3.8) is 0 Å². The molecular weight excluding hydrogens is 428 g/mol. The van der Waals surface area contributed by atoms with Crippen LogP contribution in [0.5, 0.6) is 0 Å². The van der Waals surface area contributed by atoms with E-state index < -0.39 is 8.32 Å². The lowest BCUT2D eigenvalue weighted by Crippen LogP contribution is -2.40. The highest BCUT2D eigenvalue weighted by Gasteiger charge is 2.50. The Morgan fingerprint density at radius 1 is 1.39 bits per heavy atom. The molecule has 0 unspecified atom stereocenters. The van der Waals surface area contributed by atoms with Gasteiger partial charge in [-0.15, -0.1) is 0 Å². The summed E-state index contributed by atoms with van der Waals surface area (Å²) in [5, 5.41) is 0.171. The van der Waals surface area contributed by atoms with Gasteiger partial charge in [-0.05, 0) is 84.3 Å². The molecule has 2 nitrogen and oxygen atoms in total. The van der Waals surface area contributed by atoms with E-state index in [0.717, 1.165) is 0 Å². The van der Waals surface area contributed by atoms with Gasteiger partial charge in [0.1, 0.15) is 0 Å². The largest absolute Gasteiger partial charge is 0.406 e. The van der Waals surface area contributed by atoms with Gasteiger partial charge >= 0.3 is 0 Å². The molecule has 0 amide bonds. The van der Waals surface area contributed by atoms with Crippen molar-refractivity contribution in [3.05, 3.63) is 10.6 Å². The quantitative estimate of drug-likeness (QED) is 0.245. The smallest absolute Gasteiger partial charge is 0.205 e. The van der Waals surface area contributed by atoms with Crippen molar-refractivity contribution in [2.75, 3.05) is 6.61 Å². The van der Waals surface area contributed by atoms with Gasteiger partial charge in [0.2, 0.25) is 5.78 Å². The second-order valence-corrected chi connectivity index (χ2v) is 16.0. The Morgan fingerprint density at radius 2 is 2.07 bits per heavy atom. The minimum atomic E-state index is -1.79. The molecule has 0 N–H and O–H groups in total. The van der Waals surface area contributed by atoms with E-state index >= 15 is 0 Å². The Bertz CT molecular complexity index is 664. The molecule has 0 radical (unpaired) electrons. The Balaban J connectivity index is 1.92. The molecule has 158 valence electrons. The molecule has 0 saturated heterocycles. The number of hydrogen-bond donors (Lipinski definition) is 0. The third-order valence-corrected chi connectivity index (χ3v) is 13.0. The van der Waals surface area contributed by atoms with Gasteiger partial charge in [-0.3, -0.25) is 4.79 Å². The highest BCUT2D eigenvalue weighted by atomic mass is 79.9. The summed E-state index contributed by atoms with van der Waals surface area (Å²) in [6, 6.07) is 0. The van der Waals surface area contributed by atoms with Crippen molar-refractivity contribution in [2.24, 2.45) is 23.2 Å². The molecule has 0 aromatic heterocycles. The third-order valence-electron chi connectivity index (χ3n) is 7.91. The minimum Gasteiger partial charge on any atom is -0.406 e. The lowest BCUT2D eigenvalue weighted by molar-refractivity contribution is -0.115. The first kappa shape index (κ1) is 23.9. The van der Waals surface area contributed by atoms with Crippen LogP contribution in [0.25, 0.3) is 0 Å². The lowest BCUT2D eigenvalue weighted by Gasteiger charge is -2.44. The number of carbonyl (C=O) groups is 1. The monoisotopic (exact) mass is 466 g/mol. The second-order valence-electron chi connectivity index (χ2n) is 10.7. The van der Waals surface area contributed by atoms with Crippen LogP contribution in [-0.4, -0.2) is 20.7 Å². The van der Waals surface area contributed by atoms with Crippen LogP contribution < -0.4 is 0 Å². The number of rotatable bonds is 5. The summed E-state index contributed by atoms with van der Waals surface area (Å²) in [7, 11) is -1.79. The van der Waals surface area contributed by atoms with Crippen molar-refractivity contribution in [2.45, 2.75) is 91.3 Å². The van der Waals surface area contributed by atoms with Crippen molar-refractivity contribution in [1.29, 1.82) is 0 Å². The third kappa shape index (κ3) is 5.21. The lowest BCUT2D eigenvalue weighted by atomic mass is 9.61. The average molecular weight is 468 g/mol. The van der Waals surface area contributed by atoms with Crippen molar-refractivity contribution >= 4 is 30.0 Å². The number of carbonyl (C=O) groups excluding carboxylic acids is 1. The van der Waals surface area contributed by atoms with Gasteiger partial charge < -0.3 is 4.43 Å². The topological polar surface area (TPSA) is 26.3 Å². The fourth-order valence-electron chi connectivity index (χ4n) is 5.20. The van der Waals surface area contributed by atoms with Crippen LogP contribution in [0.4, 0.5) is 0 Å². The van der Waals surface area contributed by atoms with Crippen LogP contribution in [0, 0.1) is 35.0 Å². The number of ketones is 1. The van der Waals surface area contributed by atoms with E-state index in [4.69, 9.17) is 4.43 Å². The Morgan fingerprint density at radius 3 is 2.68 bits per heavy atom. The Labute approximate surface area is 182 Å². The molecule has 0 heterocycles. The summed E-state index contributed by atoms with van der Waals surface area (Å²) in [4.78, 5) is 14.6. The van der Waals surface area contributed by atoms with Gasteiger partial charge in [0.25, 0.3) is 0 Å². The Kier molecular flexibility index (Phi) is 7.84. The zero-order valence-corrected chi connectivity index (χ0v) is 21.5. The van der Waals surface area contributed by atoms with Gasteiger partial charge in [-0.2, -0.15) is 0 Å². The SMILES string of the molecule is C[C@H](CC(=O)C#CCO[Si](C)(C)C(C)(C)C)[C@H]1CC[C@H]2/C(=C/Br)CCC[C@]12C. The molecule has 4 heteroatoms. The molecule has 0 bridgehead atoms. The van der Waals surface area contributed by atoms with Crippen molar-refractivity contribution in [1.82, 2.24) is 0 Å². The van der Waals surface area contributed by atoms with Crippen LogP contribution in [-0.2, 0) is 9.22 Å². The summed E-state index contributed by atoms with van der Waals surface area (Å²) >= 11 is 3.59. The van der Waals surface area contributed by atoms with Crippen LogP contribution in [0.3, 0.4) is 0 Å². The maximum absolute atomic E-state index is 12.5. The summed E-state index contributed by atoms with van der Waals surface area (Å²) < 4.78 is 6.06. The van der Waals surface area contributed by atoms with Crippen LogP contribution in [0.2, 0.25) is 18.1 Å². The Hall–Kier alpha value is -0.373. The van der Waals surface area contributed by atoms with Crippen molar-refractivity contribution < 1.29 is 9.22 Å². The van der Waals surface area contributed by atoms with Crippen LogP contribution in [0.15, 0.2) is 10.6 Å². The first-order valence-electron chi connectivity index (χ1n) is 10.9. The predicted molar refractivity (Wildman–Crippen MR) is 125 cm³/mol. The summed E-state index contributed by atoms with van der Waals surface area (Å²) in [6.45, 7) is 16.2. The zero-order valence-electron chi connectivity index (χ0n) is 19.0. The number of allylic oxidation sites excluding steroid dienone is 1. The normalized spacial score (nSPS) is 30.5. The van der Waals surface area contributed by atoms with Gasteiger partial charge in [0.05, 0.1) is 6.61 Å². The van der Waals surface area contributed by atoms with Gasteiger partial charge in [0, 0.05) is 6.42 Å². The van der Waals surface area contributed by atoms with Crippen LogP contribution >= 0.6 is 15.9 Å². The fourth-order valence-corrected chi connectivity index (χ4v) is 6.61. The van der Waals surface area contributed by atoms with E-state index in [1.807, 2.05) is 0 Å². The predicted octanol–water partition coefficient (Wildman–Crippen LogP) is 7.10. The van der Waals surface area contributed by atoms with E-state index in [-0.39, 0.29) is 10.8 Å². The highest BCUT2D eigenvalue weighted by Crippen LogP contribution is 2.59. The molecule has 0 aliphatic heterocycles. The molecule has 4 atom stereocenters. The average Bonchev–Trinajstić information content (AvgIpc) is 2.94. The molecule has 0 spiro atoms. The molecule has 2 aliphatic carbocycles. The molecule has 2 rings (SSSR count). The zero-order chi connectivity index (χ0) is 21.2. The molecule has 0 aromatic rings. The molecule has 2 fully saturated rings. The number of hydrogen-bond acceptors (Lipinski definition) is 2. The van der Waals surface area contributed by atoms with Gasteiger partial charge in [0.15, 0.2) is 8.32 Å². The molecular formula is C24H39BrO2Si. The van der Waals surface area contributed by atoms with Crippen molar-refractivity contribution in [3.8, 4) is 11.8 Å². The molecule has 28 heavy (non-hydrogen) atoms. The van der Waals surface area contributed by atoms with Gasteiger partial charge in [-0.1, -0.05) is 62.0 Å². The van der Waals surface area contributed by atoms with E-state index in [1.54, 1.807) is 5.57 Å². The van der Waals surface area contributed by atoms with E-state index in [1.165, 1.54) is 32.1 Å². The highest BCUT2D eigenvalue weighted by molar-refractivity contribution is 9.11. The fraction of sp³-hybridized carbons (Fsp3) is 0.792. The maximum Gasteiger partial charge on any atom is 0.205 e. The molecule has 0 aromatic carbocycles.